The Bertz CT molecular complexity index is 808. The van der Waals surface area contributed by atoms with E-state index in [2.05, 4.69) is 5.32 Å². The highest BCUT2D eigenvalue weighted by Gasteiger charge is 2.08. The van der Waals surface area contributed by atoms with Crippen LogP contribution in [0.4, 0.5) is 5.69 Å². The summed E-state index contributed by atoms with van der Waals surface area (Å²) in [4.78, 5) is 12.2. The van der Waals surface area contributed by atoms with Crippen molar-refractivity contribution in [2.75, 3.05) is 5.32 Å². The lowest BCUT2D eigenvalue weighted by molar-refractivity contribution is -0.115. The van der Waals surface area contributed by atoms with E-state index < -0.39 is 0 Å². The van der Waals surface area contributed by atoms with E-state index in [9.17, 15) is 4.79 Å². The Morgan fingerprint density at radius 1 is 1.04 bits per heavy atom. The molecule has 3 rings (SSSR count). The number of nitrogens with one attached hydrogen (secondary N) is 1. The fraction of sp³-hybridized carbons (Fsp3) is 0.105. The van der Waals surface area contributed by atoms with Crippen molar-refractivity contribution in [3.63, 3.8) is 0 Å². The van der Waals surface area contributed by atoms with Gasteiger partial charge in [0.1, 0.15) is 0 Å². The zero-order chi connectivity index (χ0) is 16.2. The van der Waals surface area contributed by atoms with Gasteiger partial charge in [-0.25, -0.2) is 0 Å². The minimum Gasteiger partial charge on any atom is -0.326 e. The number of hydrogen-bond donors (Lipinski definition) is 1. The van der Waals surface area contributed by atoms with Crippen LogP contribution < -0.4 is 5.32 Å². The third-order valence-corrected chi connectivity index (χ3v) is 4.15. The Hall–Kier alpha value is -2.52. The Labute approximate surface area is 140 Å². The monoisotopic (exact) mass is 324 g/mol. The molecule has 0 spiro atoms. The lowest BCUT2D eigenvalue weighted by Crippen LogP contribution is -2.15. The van der Waals surface area contributed by atoms with E-state index in [-0.39, 0.29) is 5.91 Å². The Morgan fingerprint density at radius 3 is 2.43 bits per heavy atom. The average Bonchev–Trinajstić information content (AvgIpc) is 3.07. The summed E-state index contributed by atoms with van der Waals surface area (Å²) in [6.45, 7) is 1.89. The SMILES string of the molecule is Cc1c(Cl)cccc1NC(=O)Cc1ccc(-n2cccc2)cc1. The van der Waals surface area contributed by atoms with Crippen molar-refractivity contribution < 1.29 is 4.79 Å². The highest BCUT2D eigenvalue weighted by molar-refractivity contribution is 6.31. The van der Waals surface area contributed by atoms with Crippen LogP contribution in [-0.4, -0.2) is 10.5 Å². The molecule has 1 heterocycles. The number of rotatable bonds is 4. The van der Waals surface area contributed by atoms with Gasteiger partial charge in [-0.2, -0.15) is 0 Å². The van der Waals surface area contributed by atoms with Gasteiger partial charge >= 0.3 is 0 Å². The van der Waals surface area contributed by atoms with Crippen LogP contribution in [0.15, 0.2) is 67.0 Å². The molecule has 0 aliphatic carbocycles. The maximum absolute atomic E-state index is 12.2. The van der Waals surface area contributed by atoms with Crippen LogP contribution in [0, 0.1) is 6.92 Å². The van der Waals surface area contributed by atoms with Gasteiger partial charge in [0.25, 0.3) is 0 Å². The van der Waals surface area contributed by atoms with Crippen molar-refractivity contribution >= 4 is 23.2 Å². The number of amides is 1. The van der Waals surface area contributed by atoms with Gasteiger partial charge in [-0.05, 0) is 54.4 Å². The van der Waals surface area contributed by atoms with Gasteiger partial charge in [-0.15, -0.1) is 0 Å². The van der Waals surface area contributed by atoms with Crippen molar-refractivity contribution in [2.24, 2.45) is 0 Å². The lowest BCUT2D eigenvalue weighted by Gasteiger charge is -2.10. The fourth-order valence-corrected chi connectivity index (χ4v) is 2.59. The van der Waals surface area contributed by atoms with Crippen LogP contribution in [0.1, 0.15) is 11.1 Å². The highest BCUT2D eigenvalue weighted by Crippen LogP contribution is 2.23. The van der Waals surface area contributed by atoms with Gasteiger partial charge in [0.15, 0.2) is 0 Å². The molecule has 3 nitrogen and oxygen atoms in total. The molecular weight excluding hydrogens is 308 g/mol. The van der Waals surface area contributed by atoms with Crippen molar-refractivity contribution in [1.82, 2.24) is 4.57 Å². The van der Waals surface area contributed by atoms with Crippen LogP contribution in [0.5, 0.6) is 0 Å². The maximum atomic E-state index is 12.2. The second-order valence-corrected chi connectivity index (χ2v) is 5.80. The molecule has 1 amide bonds. The first-order valence-corrected chi connectivity index (χ1v) is 7.78. The standard InChI is InChI=1S/C19H17ClN2O/c1-14-17(20)5-4-6-18(14)21-19(23)13-15-7-9-16(10-8-15)22-11-2-3-12-22/h2-12H,13H2,1H3,(H,21,23). The van der Waals surface area contributed by atoms with E-state index in [1.54, 1.807) is 0 Å². The summed E-state index contributed by atoms with van der Waals surface area (Å²) >= 11 is 6.07. The smallest absolute Gasteiger partial charge is 0.228 e. The van der Waals surface area contributed by atoms with E-state index in [0.29, 0.717) is 11.4 Å². The second kappa shape index (κ2) is 6.71. The second-order valence-electron chi connectivity index (χ2n) is 5.39. The number of carbonyl (C=O) groups excluding carboxylic acids is 1. The van der Waals surface area contributed by atoms with E-state index in [0.717, 1.165) is 22.5 Å². The summed E-state index contributed by atoms with van der Waals surface area (Å²) in [5, 5.41) is 3.56. The number of anilines is 1. The van der Waals surface area contributed by atoms with Crippen LogP contribution >= 0.6 is 11.6 Å². The van der Waals surface area contributed by atoms with Crippen molar-refractivity contribution in [3.8, 4) is 5.69 Å². The van der Waals surface area contributed by atoms with Gasteiger partial charge in [0, 0.05) is 28.8 Å². The molecule has 0 radical (unpaired) electrons. The minimum absolute atomic E-state index is 0.0518. The van der Waals surface area contributed by atoms with E-state index in [1.165, 1.54) is 0 Å². The maximum Gasteiger partial charge on any atom is 0.228 e. The van der Waals surface area contributed by atoms with Crippen LogP contribution in [0.3, 0.4) is 0 Å². The molecule has 4 heteroatoms. The van der Waals surface area contributed by atoms with E-state index in [1.807, 2.05) is 78.5 Å². The summed E-state index contributed by atoms with van der Waals surface area (Å²) in [6, 6.07) is 17.4. The van der Waals surface area contributed by atoms with Gasteiger partial charge in [0.05, 0.1) is 6.42 Å². The molecule has 23 heavy (non-hydrogen) atoms. The number of hydrogen-bond acceptors (Lipinski definition) is 1. The molecule has 0 atom stereocenters. The first kappa shape index (κ1) is 15.4. The molecule has 0 unspecified atom stereocenters. The normalized spacial score (nSPS) is 10.5. The number of nitrogens with zero attached hydrogens (tertiary/aromatic N) is 1. The fourth-order valence-electron chi connectivity index (χ4n) is 2.42. The molecule has 0 saturated heterocycles. The molecule has 0 fully saturated rings. The zero-order valence-corrected chi connectivity index (χ0v) is 13.5. The molecule has 3 aromatic rings. The lowest BCUT2D eigenvalue weighted by atomic mass is 10.1. The largest absolute Gasteiger partial charge is 0.326 e. The molecular formula is C19H17ClN2O. The molecule has 0 saturated carbocycles. The molecule has 2 aromatic carbocycles. The quantitative estimate of drug-likeness (QED) is 0.746. The van der Waals surface area contributed by atoms with Crippen molar-refractivity contribution in [3.05, 3.63) is 83.1 Å². The zero-order valence-electron chi connectivity index (χ0n) is 12.8. The number of carbonyl (C=O) groups is 1. The third kappa shape index (κ3) is 3.63. The van der Waals surface area contributed by atoms with Gasteiger partial charge in [0.2, 0.25) is 5.91 Å². The molecule has 116 valence electrons. The molecule has 0 aliphatic rings. The van der Waals surface area contributed by atoms with E-state index >= 15 is 0 Å². The summed E-state index contributed by atoms with van der Waals surface area (Å²) in [5.74, 6) is -0.0518. The predicted molar refractivity (Wildman–Crippen MR) is 94.3 cm³/mol. The summed E-state index contributed by atoms with van der Waals surface area (Å²) in [7, 11) is 0. The highest BCUT2D eigenvalue weighted by atomic mass is 35.5. The molecule has 1 N–H and O–H groups in total. The Balaban J connectivity index is 1.67. The first-order valence-electron chi connectivity index (χ1n) is 7.41. The minimum atomic E-state index is -0.0518. The molecule has 0 aliphatic heterocycles. The van der Waals surface area contributed by atoms with E-state index in [4.69, 9.17) is 11.6 Å². The van der Waals surface area contributed by atoms with Gasteiger partial charge in [-0.1, -0.05) is 29.8 Å². The first-order chi connectivity index (χ1) is 11.1. The predicted octanol–water partition coefficient (Wildman–Crippen LogP) is 4.62. The summed E-state index contributed by atoms with van der Waals surface area (Å²) in [5.41, 5.74) is 3.68. The van der Waals surface area contributed by atoms with Crippen molar-refractivity contribution in [2.45, 2.75) is 13.3 Å². The van der Waals surface area contributed by atoms with Crippen molar-refractivity contribution in [1.29, 1.82) is 0 Å². The van der Waals surface area contributed by atoms with Crippen LogP contribution in [0.25, 0.3) is 5.69 Å². The van der Waals surface area contributed by atoms with Gasteiger partial charge < -0.3 is 9.88 Å². The molecule has 0 bridgehead atoms. The average molecular weight is 325 g/mol. The number of benzene rings is 2. The summed E-state index contributed by atoms with van der Waals surface area (Å²) < 4.78 is 2.03. The number of aromatic nitrogens is 1. The number of halogens is 1. The third-order valence-electron chi connectivity index (χ3n) is 3.75. The summed E-state index contributed by atoms with van der Waals surface area (Å²) in [6.07, 6.45) is 4.31. The Kier molecular flexibility index (Phi) is 4.49. The Morgan fingerprint density at radius 2 is 1.74 bits per heavy atom. The molecule has 1 aromatic heterocycles. The van der Waals surface area contributed by atoms with Gasteiger partial charge in [-0.3, -0.25) is 4.79 Å². The van der Waals surface area contributed by atoms with Crippen LogP contribution in [0.2, 0.25) is 5.02 Å². The topological polar surface area (TPSA) is 34.0 Å². The van der Waals surface area contributed by atoms with Crippen LogP contribution in [-0.2, 0) is 11.2 Å².